The zero-order valence-electron chi connectivity index (χ0n) is 12.1. The summed E-state index contributed by atoms with van der Waals surface area (Å²) in [5.74, 6) is 0.465. The molecular weight excluding hydrogens is 266 g/mol. The molecule has 1 atom stereocenters. The van der Waals surface area contributed by atoms with Gasteiger partial charge in [0.15, 0.2) is 0 Å². The topological polar surface area (TPSA) is 79.8 Å². The molecule has 0 bridgehead atoms. The van der Waals surface area contributed by atoms with Crippen LogP contribution in [-0.4, -0.2) is 33.4 Å². The first-order valence-electron chi connectivity index (χ1n) is 6.95. The van der Waals surface area contributed by atoms with Gasteiger partial charge in [-0.3, -0.25) is 9.78 Å². The molecule has 21 heavy (non-hydrogen) atoms. The first-order chi connectivity index (χ1) is 10.1. The van der Waals surface area contributed by atoms with Crippen molar-refractivity contribution >= 4 is 11.9 Å². The lowest BCUT2D eigenvalue weighted by Gasteiger charge is -2.11. The maximum atomic E-state index is 11.6. The monoisotopic (exact) mass is 283 g/mol. The minimum atomic E-state index is -0.252. The van der Waals surface area contributed by atoms with E-state index in [9.17, 15) is 4.79 Å². The fourth-order valence-electron chi connectivity index (χ4n) is 2.42. The molecule has 2 aromatic rings. The van der Waals surface area contributed by atoms with Crippen molar-refractivity contribution in [2.24, 2.45) is 0 Å². The lowest BCUT2D eigenvalue weighted by Crippen LogP contribution is -2.30. The van der Waals surface area contributed by atoms with E-state index in [-0.39, 0.29) is 11.9 Å². The molecule has 1 aliphatic rings. The van der Waals surface area contributed by atoms with Crippen molar-refractivity contribution in [1.82, 2.24) is 20.3 Å². The maximum Gasteiger partial charge on any atom is 0.242 e. The Morgan fingerprint density at radius 1 is 1.24 bits per heavy atom. The highest BCUT2D eigenvalue weighted by Gasteiger charge is 2.24. The summed E-state index contributed by atoms with van der Waals surface area (Å²) in [5, 5.41) is 5.86. The van der Waals surface area contributed by atoms with E-state index in [1.54, 1.807) is 6.20 Å². The summed E-state index contributed by atoms with van der Waals surface area (Å²) >= 11 is 0. The van der Waals surface area contributed by atoms with Crippen molar-refractivity contribution in [3.8, 4) is 11.3 Å². The third-order valence-electron chi connectivity index (χ3n) is 3.51. The van der Waals surface area contributed by atoms with Crippen molar-refractivity contribution in [3.05, 3.63) is 35.8 Å². The molecule has 108 valence electrons. The molecule has 0 spiro atoms. The molecule has 6 nitrogen and oxygen atoms in total. The van der Waals surface area contributed by atoms with Crippen LogP contribution in [-0.2, 0) is 4.79 Å². The number of nitrogens with zero attached hydrogens (tertiary/aromatic N) is 3. The van der Waals surface area contributed by atoms with E-state index < -0.39 is 0 Å². The van der Waals surface area contributed by atoms with Gasteiger partial charge in [0.1, 0.15) is 6.04 Å². The molecule has 2 aromatic heterocycles. The standard InChI is InChI=1S/C15H17N5O/c1-9-3-4-11(10(2)18-9)12-5-8-17-15(19-12)20-13-6-7-16-14(13)21/h3-5,8,13H,6-7H2,1-2H3,(H,16,21)(H,17,19,20)/t13-/m1/s1. The maximum absolute atomic E-state index is 11.6. The van der Waals surface area contributed by atoms with Gasteiger partial charge in [-0.05, 0) is 38.5 Å². The first-order valence-corrected chi connectivity index (χ1v) is 6.95. The van der Waals surface area contributed by atoms with Gasteiger partial charge in [0.2, 0.25) is 11.9 Å². The number of carbonyl (C=O) groups excluding carboxylic acids is 1. The Labute approximate surface area is 123 Å². The number of aromatic nitrogens is 3. The average molecular weight is 283 g/mol. The van der Waals surface area contributed by atoms with Crippen molar-refractivity contribution in [1.29, 1.82) is 0 Å². The third-order valence-corrected chi connectivity index (χ3v) is 3.51. The van der Waals surface area contributed by atoms with Crippen molar-refractivity contribution in [3.63, 3.8) is 0 Å². The summed E-state index contributed by atoms with van der Waals surface area (Å²) in [6.07, 6.45) is 2.44. The fraction of sp³-hybridized carbons (Fsp3) is 0.333. The van der Waals surface area contributed by atoms with E-state index >= 15 is 0 Å². The van der Waals surface area contributed by atoms with Crippen LogP contribution in [0.1, 0.15) is 17.8 Å². The number of carbonyl (C=O) groups is 1. The van der Waals surface area contributed by atoms with E-state index in [0.29, 0.717) is 12.5 Å². The van der Waals surface area contributed by atoms with Gasteiger partial charge < -0.3 is 10.6 Å². The lowest BCUT2D eigenvalue weighted by atomic mass is 10.1. The number of rotatable bonds is 3. The number of anilines is 1. The molecule has 0 unspecified atom stereocenters. The molecule has 3 heterocycles. The first kappa shape index (κ1) is 13.5. The highest BCUT2D eigenvalue weighted by atomic mass is 16.2. The molecular formula is C15H17N5O. The van der Waals surface area contributed by atoms with E-state index in [1.807, 2.05) is 32.0 Å². The Morgan fingerprint density at radius 2 is 2.10 bits per heavy atom. The van der Waals surface area contributed by atoms with Crippen LogP contribution in [0, 0.1) is 13.8 Å². The Hall–Kier alpha value is -2.50. The quantitative estimate of drug-likeness (QED) is 0.891. The summed E-state index contributed by atoms with van der Waals surface area (Å²) in [4.78, 5) is 24.7. The molecule has 0 aromatic carbocycles. The van der Waals surface area contributed by atoms with Crippen LogP contribution in [0.15, 0.2) is 24.4 Å². The van der Waals surface area contributed by atoms with Gasteiger partial charge in [0.25, 0.3) is 0 Å². The van der Waals surface area contributed by atoms with Crippen LogP contribution < -0.4 is 10.6 Å². The second-order valence-electron chi connectivity index (χ2n) is 5.13. The Balaban J connectivity index is 1.87. The molecule has 1 amide bonds. The minimum absolute atomic E-state index is 0.00261. The zero-order chi connectivity index (χ0) is 14.8. The highest BCUT2D eigenvalue weighted by molar-refractivity contribution is 5.86. The van der Waals surface area contributed by atoms with Crippen LogP contribution in [0.3, 0.4) is 0 Å². The number of nitrogens with one attached hydrogen (secondary N) is 2. The predicted octanol–water partition coefficient (Wildman–Crippen LogP) is 1.46. The number of hydrogen-bond donors (Lipinski definition) is 2. The fourth-order valence-corrected chi connectivity index (χ4v) is 2.42. The molecule has 1 fully saturated rings. The van der Waals surface area contributed by atoms with Crippen LogP contribution in [0.25, 0.3) is 11.3 Å². The van der Waals surface area contributed by atoms with Gasteiger partial charge >= 0.3 is 0 Å². The molecule has 6 heteroatoms. The van der Waals surface area contributed by atoms with Crippen LogP contribution in [0.5, 0.6) is 0 Å². The largest absolute Gasteiger partial charge is 0.354 e. The van der Waals surface area contributed by atoms with Crippen molar-refractivity contribution in [2.45, 2.75) is 26.3 Å². The third kappa shape index (κ3) is 2.84. The normalized spacial score (nSPS) is 17.6. The molecule has 0 aliphatic carbocycles. The van der Waals surface area contributed by atoms with Gasteiger partial charge in [-0.15, -0.1) is 0 Å². The summed E-state index contributed by atoms with van der Waals surface area (Å²) in [6.45, 7) is 4.61. The van der Waals surface area contributed by atoms with E-state index in [2.05, 4.69) is 25.6 Å². The van der Waals surface area contributed by atoms with Gasteiger partial charge in [-0.2, -0.15) is 0 Å². The number of amides is 1. The van der Waals surface area contributed by atoms with Gasteiger partial charge in [-0.25, -0.2) is 9.97 Å². The molecule has 1 saturated heterocycles. The average Bonchev–Trinajstić information content (AvgIpc) is 2.84. The van der Waals surface area contributed by atoms with Crippen LogP contribution in [0.4, 0.5) is 5.95 Å². The van der Waals surface area contributed by atoms with E-state index in [1.165, 1.54) is 0 Å². The number of hydrogen-bond acceptors (Lipinski definition) is 5. The number of pyridine rings is 1. The summed E-state index contributed by atoms with van der Waals surface area (Å²) in [5.41, 5.74) is 3.68. The van der Waals surface area contributed by atoms with Crippen LogP contribution in [0.2, 0.25) is 0 Å². The molecule has 2 N–H and O–H groups in total. The number of aryl methyl sites for hydroxylation is 2. The van der Waals surface area contributed by atoms with Gasteiger partial charge in [0.05, 0.1) is 5.69 Å². The predicted molar refractivity (Wildman–Crippen MR) is 79.8 cm³/mol. The highest BCUT2D eigenvalue weighted by Crippen LogP contribution is 2.21. The van der Waals surface area contributed by atoms with Crippen molar-refractivity contribution < 1.29 is 4.79 Å². The van der Waals surface area contributed by atoms with Gasteiger partial charge in [0, 0.05) is 29.7 Å². The molecule has 1 aliphatic heterocycles. The summed E-state index contributed by atoms with van der Waals surface area (Å²) < 4.78 is 0. The molecule has 0 radical (unpaired) electrons. The molecule has 0 saturated carbocycles. The Kier molecular flexibility index (Phi) is 3.51. The minimum Gasteiger partial charge on any atom is -0.354 e. The van der Waals surface area contributed by atoms with Gasteiger partial charge in [-0.1, -0.05) is 0 Å². The second-order valence-corrected chi connectivity index (χ2v) is 5.13. The SMILES string of the molecule is Cc1ccc(-c2ccnc(N[C@@H]3CCNC3=O)n2)c(C)n1. The zero-order valence-corrected chi connectivity index (χ0v) is 12.1. The lowest BCUT2D eigenvalue weighted by molar-refractivity contribution is -0.119. The Morgan fingerprint density at radius 3 is 2.81 bits per heavy atom. The van der Waals surface area contributed by atoms with E-state index in [0.717, 1.165) is 29.1 Å². The molecule has 3 rings (SSSR count). The van der Waals surface area contributed by atoms with Crippen LogP contribution >= 0.6 is 0 Å². The van der Waals surface area contributed by atoms with Crippen molar-refractivity contribution in [2.75, 3.05) is 11.9 Å². The van der Waals surface area contributed by atoms with E-state index in [4.69, 9.17) is 0 Å². The summed E-state index contributed by atoms with van der Waals surface area (Å²) in [6, 6.07) is 5.56. The smallest absolute Gasteiger partial charge is 0.242 e. The second kappa shape index (κ2) is 5.47. The summed E-state index contributed by atoms with van der Waals surface area (Å²) in [7, 11) is 0. The Bertz CT molecular complexity index is 686.